The molecule has 24 heavy (non-hydrogen) atoms. The topological polar surface area (TPSA) is 62.4 Å². The number of aryl methyl sites for hydroxylation is 1. The predicted octanol–water partition coefficient (Wildman–Crippen LogP) is 3.28. The SMILES string of the molecule is OCCN(Cc1noc(-c2ccsc2)n1)C1CCc2ccccc21. The Bertz CT molecular complexity index is 800. The van der Waals surface area contributed by atoms with Crippen molar-refractivity contribution in [2.45, 2.75) is 25.4 Å². The number of benzene rings is 1. The third-order valence-corrected chi connectivity index (χ3v) is 5.19. The van der Waals surface area contributed by atoms with Crippen molar-refractivity contribution < 1.29 is 9.63 Å². The van der Waals surface area contributed by atoms with Gasteiger partial charge in [0.25, 0.3) is 5.89 Å². The number of hydrogen-bond donors (Lipinski definition) is 1. The van der Waals surface area contributed by atoms with Gasteiger partial charge in [-0.15, -0.1) is 0 Å². The van der Waals surface area contributed by atoms with Gasteiger partial charge in [0.1, 0.15) is 0 Å². The Morgan fingerprint density at radius 2 is 2.21 bits per heavy atom. The normalized spacial score (nSPS) is 16.7. The van der Waals surface area contributed by atoms with Crippen LogP contribution in [0.3, 0.4) is 0 Å². The number of nitrogens with zero attached hydrogens (tertiary/aromatic N) is 3. The van der Waals surface area contributed by atoms with Crippen LogP contribution in [0.4, 0.5) is 0 Å². The smallest absolute Gasteiger partial charge is 0.258 e. The molecule has 0 saturated carbocycles. The first-order chi connectivity index (χ1) is 11.8. The van der Waals surface area contributed by atoms with Crippen LogP contribution in [0.25, 0.3) is 11.5 Å². The van der Waals surface area contributed by atoms with Gasteiger partial charge in [0.2, 0.25) is 0 Å². The first-order valence-electron chi connectivity index (χ1n) is 8.13. The van der Waals surface area contributed by atoms with Gasteiger partial charge in [-0.1, -0.05) is 29.4 Å². The fourth-order valence-electron chi connectivity index (χ4n) is 3.39. The maximum atomic E-state index is 9.47. The molecule has 0 aliphatic heterocycles. The van der Waals surface area contributed by atoms with Crippen LogP contribution in [-0.2, 0) is 13.0 Å². The minimum Gasteiger partial charge on any atom is -0.395 e. The van der Waals surface area contributed by atoms with Gasteiger partial charge >= 0.3 is 0 Å². The monoisotopic (exact) mass is 341 g/mol. The van der Waals surface area contributed by atoms with Gasteiger partial charge < -0.3 is 9.63 Å². The second kappa shape index (κ2) is 6.84. The van der Waals surface area contributed by atoms with Gasteiger partial charge in [-0.05, 0) is 35.4 Å². The van der Waals surface area contributed by atoms with E-state index in [2.05, 4.69) is 39.3 Å². The predicted molar refractivity (Wildman–Crippen MR) is 92.6 cm³/mol. The second-order valence-electron chi connectivity index (χ2n) is 5.98. The molecule has 1 aliphatic rings. The van der Waals surface area contributed by atoms with Crippen LogP contribution in [0.2, 0.25) is 0 Å². The van der Waals surface area contributed by atoms with Gasteiger partial charge in [0, 0.05) is 18.0 Å². The highest BCUT2D eigenvalue weighted by Crippen LogP contribution is 2.36. The van der Waals surface area contributed by atoms with Gasteiger partial charge in [-0.25, -0.2) is 0 Å². The summed E-state index contributed by atoms with van der Waals surface area (Å²) in [5.41, 5.74) is 3.71. The van der Waals surface area contributed by atoms with Crippen LogP contribution in [0.15, 0.2) is 45.6 Å². The molecule has 6 heteroatoms. The summed E-state index contributed by atoms with van der Waals surface area (Å²) in [6.07, 6.45) is 2.14. The summed E-state index contributed by atoms with van der Waals surface area (Å²) in [6.45, 7) is 1.29. The number of aliphatic hydroxyl groups excluding tert-OH is 1. The molecule has 2 aromatic heterocycles. The number of fused-ring (bicyclic) bond motifs is 1. The van der Waals surface area contributed by atoms with Crippen LogP contribution < -0.4 is 0 Å². The number of rotatable bonds is 6. The van der Waals surface area contributed by atoms with E-state index in [1.807, 2.05) is 16.8 Å². The van der Waals surface area contributed by atoms with E-state index >= 15 is 0 Å². The molecule has 1 unspecified atom stereocenters. The molecule has 0 radical (unpaired) electrons. The summed E-state index contributed by atoms with van der Waals surface area (Å²) in [4.78, 5) is 6.75. The summed E-state index contributed by atoms with van der Waals surface area (Å²) < 4.78 is 5.38. The minimum atomic E-state index is 0.119. The van der Waals surface area contributed by atoms with Gasteiger partial charge in [-0.2, -0.15) is 16.3 Å². The Morgan fingerprint density at radius 1 is 1.29 bits per heavy atom. The van der Waals surface area contributed by atoms with Crippen molar-refractivity contribution in [1.82, 2.24) is 15.0 Å². The summed E-state index contributed by atoms with van der Waals surface area (Å²) >= 11 is 1.61. The molecular weight excluding hydrogens is 322 g/mol. The lowest BCUT2D eigenvalue weighted by atomic mass is 10.1. The third kappa shape index (κ3) is 3.00. The highest BCUT2D eigenvalue weighted by molar-refractivity contribution is 7.08. The molecule has 1 aliphatic carbocycles. The molecule has 3 aromatic rings. The maximum Gasteiger partial charge on any atom is 0.258 e. The first-order valence-corrected chi connectivity index (χ1v) is 9.07. The highest BCUT2D eigenvalue weighted by atomic mass is 32.1. The molecule has 5 nitrogen and oxygen atoms in total. The van der Waals surface area contributed by atoms with Crippen LogP contribution >= 0.6 is 11.3 Å². The summed E-state index contributed by atoms with van der Waals surface area (Å²) in [6, 6.07) is 10.8. The van der Waals surface area contributed by atoms with Crippen LogP contribution in [0, 0.1) is 0 Å². The fourth-order valence-corrected chi connectivity index (χ4v) is 4.02. The molecule has 1 N–H and O–H groups in total. The zero-order chi connectivity index (χ0) is 16.4. The molecule has 1 aromatic carbocycles. The van der Waals surface area contributed by atoms with Crippen molar-refractivity contribution >= 4 is 11.3 Å². The lowest BCUT2D eigenvalue weighted by Gasteiger charge is -2.27. The van der Waals surface area contributed by atoms with E-state index in [0.29, 0.717) is 30.8 Å². The molecule has 0 saturated heterocycles. The van der Waals surface area contributed by atoms with E-state index < -0.39 is 0 Å². The molecule has 1 atom stereocenters. The molecular formula is C18H19N3O2S. The van der Waals surface area contributed by atoms with E-state index in [9.17, 15) is 5.11 Å². The Labute approximate surface area is 144 Å². The highest BCUT2D eigenvalue weighted by Gasteiger charge is 2.28. The number of aromatic nitrogens is 2. The summed E-state index contributed by atoms with van der Waals surface area (Å²) in [5, 5.41) is 17.6. The molecule has 0 fully saturated rings. The van der Waals surface area contributed by atoms with Crippen molar-refractivity contribution in [3.05, 3.63) is 58.0 Å². The molecule has 0 amide bonds. The third-order valence-electron chi connectivity index (χ3n) is 4.51. The fraction of sp³-hybridized carbons (Fsp3) is 0.333. The molecule has 124 valence electrons. The number of hydrogen-bond acceptors (Lipinski definition) is 6. The van der Waals surface area contributed by atoms with Crippen LogP contribution in [-0.4, -0.2) is 33.3 Å². The zero-order valence-corrected chi connectivity index (χ0v) is 14.1. The first kappa shape index (κ1) is 15.5. The standard InChI is InChI=1S/C18H19N3O2S/c22-9-8-21(16-6-5-13-3-1-2-4-15(13)16)11-17-19-18(23-20-17)14-7-10-24-12-14/h1-4,7,10,12,16,22H,5-6,8-9,11H2. The Kier molecular flexibility index (Phi) is 4.42. The molecule has 4 rings (SSSR count). The van der Waals surface area contributed by atoms with Crippen LogP contribution in [0.1, 0.15) is 29.4 Å². The van der Waals surface area contributed by atoms with Gasteiger partial charge in [-0.3, -0.25) is 4.90 Å². The largest absolute Gasteiger partial charge is 0.395 e. The van der Waals surface area contributed by atoms with E-state index in [1.54, 1.807) is 11.3 Å². The lowest BCUT2D eigenvalue weighted by Crippen LogP contribution is -2.30. The molecule has 0 spiro atoms. The van der Waals surface area contributed by atoms with E-state index in [0.717, 1.165) is 18.4 Å². The van der Waals surface area contributed by atoms with E-state index in [1.165, 1.54) is 11.1 Å². The van der Waals surface area contributed by atoms with Crippen molar-refractivity contribution in [3.8, 4) is 11.5 Å². The van der Waals surface area contributed by atoms with E-state index in [4.69, 9.17) is 4.52 Å². The minimum absolute atomic E-state index is 0.119. The van der Waals surface area contributed by atoms with Gasteiger partial charge in [0.15, 0.2) is 5.82 Å². The number of thiophene rings is 1. The van der Waals surface area contributed by atoms with Crippen molar-refractivity contribution in [2.75, 3.05) is 13.2 Å². The average molecular weight is 341 g/mol. The van der Waals surface area contributed by atoms with Crippen molar-refractivity contribution in [3.63, 3.8) is 0 Å². The zero-order valence-electron chi connectivity index (χ0n) is 13.3. The maximum absolute atomic E-state index is 9.47. The Morgan fingerprint density at radius 3 is 3.04 bits per heavy atom. The van der Waals surface area contributed by atoms with Crippen molar-refractivity contribution in [1.29, 1.82) is 0 Å². The van der Waals surface area contributed by atoms with E-state index in [-0.39, 0.29) is 6.61 Å². The summed E-state index contributed by atoms with van der Waals surface area (Å²) in [7, 11) is 0. The Hall–Kier alpha value is -2.02. The molecule has 2 heterocycles. The second-order valence-corrected chi connectivity index (χ2v) is 6.76. The molecule has 0 bridgehead atoms. The average Bonchev–Trinajstić information content (AvgIpc) is 3.34. The van der Waals surface area contributed by atoms with Crippen LogP contribution in [0.5, 0.6) is 0 Å². The van der Waals surface area contributed by atoms with Crippen molar-refractivity contribution in [2.24, 2.45) is 0 Å². The Balaban J connectivity index is 1.54. The lowest BCUT2D eigenvalue weighted by molar-refractivity contribution is 0.138. The number of aliphatic hydroxyl groups is 1. The van der Waals surface area contributed by atoms with Gasteiger partial charge in [0.05, 0.1) is 18.7 Å². The summed E-state index contributed by atoms with van der Waals surface area (Å²) in [5.74, 6) is 1.22. The quantitative estimate of drug-likeness (QED) is 0.745.